The number of nitrogens with zero attached hydrogens (tertiary/aromatic N) is 1. The molecule has 0 aromatic carbocycles. The van der Waals surface area contributed by atoms with Crippen molar-refractivity contribution in [2.75, 3.05) is 19.6 Å². The van der Waals surface area contributed by atoms with E-state index in [0.29, 0.717) is 0 Å². The van der Waals surface area contributed by atoms with Gasteiger partial charge in [0.05, 0.1) is 0 Å². The molecule has 0 amide bonds. The average Bonchev–Trinajstić information content (AvgIpc) is 2.87. The molecule has 0 aromatic rings. The Morgan fingerprint density at radius 2 is 1.44 bits per heavy atom. The van der Waals surface area contributed by atoms with E-state index in [9.17, 15) is 0 Å². The number of hydrogen-bond acceptors (Lipinski definition) is 1. The molecule has 1 aliphatic carbocycles. The fourth-order valence-corrected chi connectivity index (χ4v) is 2.67. The van der Waals surface area contributed by atoms with Crippen LogP contribution >= 0.6 is 0 Å². The summed E-state index contributed by atoms with van der Waals surface area (Å²) in [4.78, 5) is 2.65. The standard InChI is InChI=1S/C11H21N.3CH3.In/c1-2-6-11(5-1)7-10-12-8-3-4-9-12;;;;/h11H,1-10H2;3*1H3;. The quantitative estimate of drug-likeness (QED) is 0.756. The molecule has 0 N–H and O–H groups in total. The van der Waals surface area contributed by atoms with E-state index in [1.54, 1.807) is 0 Å². The zero-order valence-corrected chi connectivity index (χ0v) is 15.0. The maximum atomic E-state index is 2.65. The van der Waals surface area contributed by atoms with E-state index in [2.05, 4.69) is 18.9 Å². The first-order valence-electron chi connectivity index (χ1n) is 7.41. The van der Waals surface area contributed by atoms with Gasteiger partial charge in [0.1, 0.15) is 0 Å². The Labute approximate surface area is 111 Å². The second-order valence-electron chi connectivity index (χ2n) is 6.22. The second-order valence-corrected chi connectivity index (χ2v) is 16.1. The summed E-state index contributed by atoms with van der Waals surface area (Å²) < 4.78 is 7.13. The van der Waals surface area contributed by atoms with Gasteiger partial charge in [0.15, 0.2) is 0 Å². The van der Waals surface area contributed by atoms with Gasteiger partial charge in [-0.25, -0.2) is 0 Å². The van der Waals surface area contributed by atoms with Gasteiger partial charge in [0.25, 0.3) is 0 Å². The molecule has 0 atom stereocenters. The van der Waals surface area contributed by atoms with Crippen molar-refractivity contribution in [2.45, 2.75) is 59.0 Å². The van der Waals surface area contributed by atoms with E-state index >= 15 is 0 Å². The van der Waals surface area contributed by atoms with Gasteiger partial charge >= 0.3 is 35.5 Å². The van der Waals surface area contributed by atoms with E-state index in [0.717, 1.165) is 5.92 Å². The molecule has 2 rings (SSSR count). The van der Waals surface area contributed by atoms with Crippen molar-refractivity contribution >= 4 is 21.4 Å². The molecule has 1 saturated heterocycles. The third-order valence-electron chi connectivity index (χ3n) is 3.53. The summed E-state index contributed by atoms with van der Waals surface area (Å²) >= 11 is -0.637. The third kappa shape index (κ3) is 7.21. The first kappa shape index (κ1) is 14.9. The van der Waals surface area contributed by atoms with Crippen LogP contribution in [0.15, 0.2) is 0 Å². The van der Waals surface area contributed by atoms with E-state index in [-0.39, 0.29) is 0 Å². The Hall–Kier alpha value is 0.830. The SMILES string of the molecule is C1CCC(CCN2CCCC2)C1.[CH3][In]([CH3])[CH3]. The fraction of sp³-hybridized carbons (Fsp3) is 1.00. The summed E-state index contributed by atoms with van der Waals surface area (Å²) in [5.74, 6) is 1.09. The fourth-order valence-electron chi connectivity index (χ4n) is 2.67. The maximum absolute atomic E-state index is 2.65. The zero-order chi connectivity index (χ0) is 11.8. The van der Waals surface area contributed by atoms with Crippen LogP contribution in [0, 0.1) is 5.92 Å². The van der Waals surface area contributed by atoms with Crippen LogP contribution in [-0.4, -0.2) is 46.0 Å². The third-order valence-corrected chi connectivity index (χ3v) is 3.53. The first-order chi connectivity index (χ1) is 7.68. The van der Waals surface area contributed by atoms with Gasteiger partial charge in [-0.3, -0.25) is 0 Å². The molecule has 0 spiro atoms. The summed E-state index contributed by atoms with van der Waals surface area (Å²) in [6, 6.07) is 0. The molecule has 1 heterocycles. The van der Waals surface area contributed by atoms with Crippen LogP contribution in [0.3, 0.4) is 0 Å². The van der Waals surface area contributed by atoms with Crippen LogP contribution in [0.25, 0.3) is 0 Å². The minimum absolute atomic E-state index is 0.637. The average molecular weight is 327 g/mol. The van der Waals surface area contributed by atoms with Crippen molar-refractivity contribution in [1.82, 2.24) is 4.90 Å². The summed E-state index contributed by atoms with van der Waals surface area (Å²) in [6.45, 7) is 4.16. The Bertz CT molecular complexity index is 139. The Morgan fingerprint density at radius 3 is 1.94 bits per heavy atom. The van der Waals surface area contributed by atoms with Crippen LogP contribution in [0.2, 0.25) is 14.0 Å². The number of hydrogen-bond donors (Lipinski definition) is 0. The summed E-state index contributed by atoms with van der Waals surface area (Å²) in [5.41, 5.74) is 0. The summed E-state index contributed by atoms with van der Waals surface area (Å²) in [5, 5.41) is 0. The second kappa shape index (κ2) is 8.85. The molecule has 1 aliphatic heterocycles. The Morgan fingerprint density at radius 1 is 0.938 bits per heavy atom. The molecule has 2 aliphatic rings. The van der Waals surface area contributed by atoms with Gasteiger partial charge in [0.2, 0.25) is 0 Å². The molecular formula is C14H30InN. The normalized spacial score (nSPS) is 21.9. The van der Waals surface area contributed by atoms with E-state index in [1.165, 1.54) is 64.6 Å². The monoisotopic (exact) mass is 327 g/mol. The van der Waals surface area contributed by atoms with Crippen molar-refractivity contribution in [3.05, 3.63) is 0 Å². The van der Waals surface area contributed by atoms with E-state index in [1.807, 2.05) is 0 Å². The molecule has 0 unspecified atom stereocenters. The van der Waals surface area contributed by atoms with Gasteiger partial charge in [-0.2, -0.15) is 0 Å². The van der Waals surface area contributed by atoms with Gasteiger partial charge < -0.3 is 4.90 Å². The Kier molecular flexibility index (Phi) is 8.24. The van der Waals surface area contributed by atoms with Gasteiger partial charge in [0, 0.05) is 0 Å². The van der Waals surface area contributed by atoms with Gasteiger partial charge in [-0.15, -0.1) is 0 Å². The molecule has 94 valence electrons. The predicted molar refractivity (Wildman–Crippen MR) is 75.6 cm³/mol. The zero-order valence-electron chi connectivity index (χ0n) is 11.7. The summed E-state index contributed by atoms with van der Waals surface area (Å²) in [6.07, 6.45) is 10.4. The first-order valence-corrected chi connectivity index (χ1v) is 17.3. The molecular weight excluding hydrogens is 297 g/mol. The van der Waals surface area contributed by atoms with Gasteiger partial charge in [-0.05, 0) is 44.8 Å². The molecule has 1 saturated carbocycles. The Balaban J connectivity index is 0.000000280. The van der Waals surface area contributed by atoms with Crippen molar-refractivity contribution in [1.29, 1.82) is 0 Å². The summed E-state index contributed by atoms with van der Waals surface area (Å²) in [7, 11) is 0. The molecule has 0 bridgehead atoms. The van der Waals surface area contributed by atoms with Crippen LogP contribution in [-0.2, 0) is 0 Å². The molecule has 1 nitrogen and oxygen atoms in total. The van der Waals surface area contributed by atoms with Crippen molar-refractivity contribution in [3.8, 4) is 0 Å². The topological polar surface area (TPSA) is 3.24 Å². The number of likely N-dealkylation sites (tertiary alicyclic amines) is 1. The van der Waals surface area contributed by atoms with Crippen molar-refractivity contribution in [3.63, 3.8) is 0 Å². The molecule has 16 heavy (non-hydrogen) atoms. The van der Waals surface area contributed by atoms with E-state index in [4.69, 9.17) is 0 Å². The van der Waals surface area contributed by atoms with Crippen LogP contribution in [0.4, 0.5) is 0 Å². The predicted octanol–water partition coefficient (Wildman–Crippen LogP) is 4.03. The minimum atomic E-state index is -0.637. The molecule has 0 aromatic heterocycles. The molecule has 2 fully saturated rings. The van der Waals surface area contributed by atoms with Crippen molar-refractivity contribution < 1.29 is 0 Å². The van der Waals surface area contributed by atoms with Crippen LogP contribution < -0.4 is 0 Å². The van der Waals surface area contributed by atoms with Gasteiger partial charge in [-0.1, -0.05) is 25.7 Å². The molecule has 0 radical (unpaired) electrons. The van der Waals surface area contributed by atoms with Crippen LogP contribution in [0.5, 0.6) is 0 Å². The van der Waals surface area contributed by atoms with Crippen LogP contribution in [0.1, 0.15) is 44.9 Å². The number of rotatable bonds is 3. The van der Waals surface area contributed by atoms with E-state index < -0.39 is 21.4 Å². The molecule has 2 heteroatoms. The van der Waals surface area contributed by atoms with Crippen molar-refractivity contribution in [2.24, 2.45) is 5.92 Å².